The number of carbonyl (C=O) groups excluding carboxylic acids is 2. The average molecular weight is 931 g/mol. The number of allylic oxidation sites excluding steroid dienone is 2. The molecule has 6 aliphatic rings. The second-order valence-corrected chi connectivity index (χ2v) is 18.2. The first-order valence-electron chi connectivity index (χ1n) is 22.6. The zero-order chi connectivity index (χ0) is 48.8. The van der Waals surface area contributed by atoms with Crippen molar-refractivity contribution in [3.8, 4) is 23.0 Å². The number of ether oxygens (including phenoxy) is 4. The van der Waals surface area contributed by atoms with Crippen molar-refractivity contribution in [1.82, 2.24) is 15.2 Å². The topological polar surface area (TPSA) is 254 Å². The molecule has 18 nitrogen and oxygen atoms in total. The van der Waals surface area contributed by atoms with E-state index in [-0.39, 0.29) is 67.4 Å². The number of carbonyl (C=O) groups is 2. The summed E-state index contributed by atoms with van der Waals surface area (Å²) < 4.78 is 30.6. The van der Waals surface area contributed by atoms with Gasteiger partial charge < -0.3 is 64.2 Å². The van der Waals surface area contributed by atoms with Crippen LogP contribution in [0, 0.1) is 41.2 Å². The number of aromatic nitrogens is 1. The van der Waals surface area contributed by atoms with Gasteiger partial charge in [0.15, 0.2) is 22.6 Å². The van der Waals surface area contributed by atoms with Crippen LogP contribution in [-0.4, -0.2) is 129 Å². The molecule has 0 radical (unpaired) electrons. The Bertz CT molecular complexity index is 2760. The Morgan fingerprint density at radius 2 is 1.67 bits per heavy atom. The molecule has 67 heavy (non-hydrogen) atoms. The number of esters is 1. The molecule has 1 aromatic carbocycles. The summed E-state index contributed by atoms with van der Waals surface area (Å²) in [6.07, 6.45) is 1.83. The van der Waals surface area contributed by atoms with Gasteiger partial charge in [-0.1, -0.05) is 45.9 Å². The predicted molar refractivity (Wildman–Crippen MR) is 245 cm³/mol. The highest BCUT2D eigenvalue weighted by Crippen LogP contribution is 2.42. The number of anilines is 1. The summed E-state index contributed by atoms with van der Waals surface area (Å²) in [7, 11) is 1.45. The molecule has 1 aromatic rings. The number of hydrogen-bond acceptors (Lipinski definition) is 17. The van der Waals surface area contributed by atoms with E-state index in [0.717, 1.165) is 0 Å². The van der Waals surface area contributed by atoms with Crippen LogP contribution in [0.15, 0.2) is 57.5 Å². The number of phenolic OH excluding ortho intramolecular Hbond substituents is 1. The third-order valence-electron chi connectivity index (χ3n) is 13.7. The van der Waals surface area contributed by atoms with Gasteiger partial charge in [-0.25, -0.2) is 4.98 Å². The quantitative estimate of drug-likeness (QED) is 0.180. The summed E-state index contributed by atoms with van der Waals surface area (Å²) in [5, 5.41) is 71.5. The standard InChI is InChI=1S/C49H62N4O14/c1-23-11-10-12-24(2)48(62)51-39-43(60)35-34(38-46(39)66-33-22-30(21-31(56)37(33)50-38)53-16-14-52(15-17-53)18-19-54)36-45(28(6)42(35)59)67-49(8,47(36)61)64-20-13-32(63-9)25(3)44(65-29(7)55)27(5)41(58)26(4)40(23)57/h10-13,20-23,25-27,32,40-41,43-44,54,57-61H,14-19H2,1-9H3,(H,51,62)/b11-10+,20-13+,24-12-/t23-,25+,26+,27+,32-,40-,41+,43?,44+,49-/m0/s1. The van der Waals surface area contributed by atoms with Crippen LogP contribution < -0.4 is 31.0 Å². The van der Waals surface area contributed by atoms with Crippen LogP contribution in [0.25, 0.3) is 22.9 Å². The van der Waals surface area contributed by atoms with Gasteiger partial charge >= 0.3 is 11.8 Å². The van der Waals surface area contributed by atoms with Crippen LogP contribution in [0.5, 0.6) is 11.5 Å². The number of aliphatic hydroxyl groups is 5. The number of nitrogens with one attached hydrogen (secondary N) is 1. The molecule has 0 spiro atoms. The lowest BCUT2D eigenvalue weighted by molar-refractivity contribution is -0.160. The van der Waals surface area contributed by atoms with E-state index in [4.69, 9.17) is 28.3 Å². The molecule has 10 atom stereocenters. The molecule has 1 fully saturated rings. The zero-order valence-corrected chi connectivity index (χ0v) is 39.3. The number of rotatable bonds is 5. The highest BCUT2D eigenvalue weighted by Gasteiger charge is 2.45. The van der Waals surface area contributed by atoms with Gasteiger partial charge in [-0.15, -0.1) is 0 Å². The van der Waals surface area contributed by atoms with Crippen LogP contribution in [-0.2, 0) is 23.8 Å². The number of aliphatic hydroxyl groups excluding tert-OH is 5. The summed E-state index contributed by atoms with van der Waals surface area (Å²) in [6.45, 7) is 15.7. The van der Waals surface area contributed by atoms with Gasteiger partial charge in [0.25, 0.3) is 5.91 Å². The molecule has 0 aromatic heterocycles. The number of phenols is 1. The highest BCUT2D eigenvalue weighted by molar-refractivity contribution is 5.97. The minimum atomic E-state index is -1.96. The Balaban J connectivity index is 1.47. The molecule has 0 saturated carbocycles. The van der Waals surface area contributed by atoms with Crippen molar-refractivity contribution in [2.24, 2.45) is 23.7 Å². The molecule has 7 N–H and O–H groups in total. The molecule has 1 amide bonds. The lowest BCUT2D eigenvalue weighted by Gasteiger charge is -2.38. The molecular weight excluding hydrogens is 869 g/mol. The van der Waals surface area contributed by atoms with Crippen molar-refractivity contribution in [1.29, 1.82) is 0 Å². The van der Waals surface area contributed by atoms with Crippen molar-refractivity contribution in [2.45, 2.75) is 91.7 Å². The van der Waals surface area contributed by atoms with E-state index in [1.807, 2.05) is 4.90 Å². The lowest BCUT2D eigenvalue weighted by Crippen LogP contribution is -2.47. The Morgan fingerprint density at radius 3 is 2.33 bits per heavy atom. The van der Waals surface area contributed by atoms with Gasteiger partial charge in [0.1, 0.15) is 29.1 Å². The summed E-state index contributed by atoms with van der Waals surface area (Å²) in [6, 6.07) is 3.10. The molecular formula is C49H62N4O14. The van der Waals surface area contributed by atoms with Crippen molar-refractivity contribution in [3.63, 3.8) is 0 Å². The fourth-order valence-corrected chi connectivity index (χ4v) is 9.58. The molecule has 1 unspecified atom stereocenters. The zero-order valence-electron chi connectivity index (χ0n) is 39.3. The fourth-order valence-electron chi connectivity index (χ4n) is 9.58. The second-order valence-electron chi connectivity index (χ2n) is 18.2. The molecule has 5 bridgehead atoms. The van der Waals surface area contributed by atoms with E-state index in [9.17, 15) is 45.0 Å². The minimum absolute atomic E-state index is 0.0192. The van der Waals surface area contributed by atoms with Crippen LogP contribution in [0.2, 0.25) is 0 Å². The number of nitrogens with zero attached hydrogens (tertiary/aromatic N) is 3. The van der Waals surface area contributed by atoms with E-state index >= 15 is 0 Å². The Hall–Kier alpha value is -5.76. The lowest BCUT2D eigenvalue weighted by atomic mass is 9.78. The van der Waals surface area contributed by atoms with E-state index in [0.29, 0.717) is 38.4 Å². The van der Waals surface area contributed by atoms with Crippen LogP contribution in [0.4, 0.5) is 5.69 Å². The average Bonchev–Trinajstić information content (AvgIpc) is 3.56. The first-order valence-corrected chi connectivity index (χ1v) is 22.6. The Morgan fingerprint density at radius 1 is 0.970 bits per heavy atom. The smallest absolute Gasteiger partial charge is 0.307 e. The molecule has 2 aliphatic carbocycles. The Labute approximate surface area is 387 Å². The normalized spacial score (nSPS) is 31.3. The van der Waals surface area contributed by atoms with Crippen molar-refractivity contribution < 1.29 is 63.6 Å². The fraction of sp³-hybridized carbons (Fsp3) is 0.510. The number of β-amino-alcohol motifs (C(OH)–C–C–N with tert-alkyl or cyclic N) is 1. The summed E-state index contributed by atoms with van der Waals surface area (Å²) in [4.78, 5) is 49.4. The van der Waals surface area contributed by atoms with Gasteiger partial charge in [-0.2, -0.15) is 0 Å². The molecule has 4 aliphatic heterocycles. The Kier molecular flexibility index (Phi) is 14.3. The van der Waals surface area contributed by atoms with Crippen LogP contribution in [0.1, 0.15) is 65.7 Å². The number of hydrogen-bond donors (Lipinski definition) is 7. The largest absolute Gasteiger partial charge is 0.507 e. The van der Waals surface area contributed by atoms with Crippen molar-refractivity contribution >= 4 is 29.0 Å². The first kappa shape index (κ1) is 49.2. The summed E-state index contributed by atoms with van der Waals surface area (Å²) >= 11 is 0. The first-order chi connectivity index (χ1) is 31.7. The molecule has 18 heteroatoms. The van der Waals surface area contributed by atoms with Crippen LogP contribution >= 0.6 is 0 Å². The van der Waals surface area contributed by atoms with Gasteiger partial charge in [0.2, 0.25) is 5.43 Å². The maximum absolute atomic E-state index is 14.0. The van der Waals surface area contributed by atoms with E-state index < -0.39 is 88.8 Å². The van der Waals surface area contributed by atoms with Gasteiger partial charge in [0, 0.05) is 117 Å². The molecule has 1 saturated heterocycles. The maximum atomic E-state index is 14.0. The molecule has 4 heterocycles. The van der Waals surface area contributed by atoms with Crippen molar-refractivity contribution in [3.05, 3.63) is 90.8 Å². The third-order valence-corrected chi connectivity index (χ3v) is 13.7. The number of methoxy groups -OCH3 is 1. The number of piperazine rings is 1. The summed E-state index contributed by atoms with van der Waals surface area (Å²) in [5.41, 5.74) is -0.281. The van der Waals surface area contributed by atoms with Gasteiger partial charge in [-0.05, 0) is 19.9 Å². The van der Waals surface area contributed by atoms with E-state index in [1.165, 1.54) is 59.3 Å². The van der Waals surface area contributed by atoms with E-state index in [1.54, 1.807) is 45.9 Å². The third kappa shape index (κ3) is 9.17. The number of fused-ring (bicyclic) bond motifs is 4. The summed E-state index contributed by atoms with van der Waals surface area (Å²) in [5.74, 6) is -6.67. The van der Waals surface area contributed by atoms with Crippen LogP contribution in [0.3, 0.4) is 0 Å². The number of amides is 1. The van der Waals surface area contributed by atoms with Gasteiger partial charge in [-0.3, -0.25) is 19.3 Å². The second kappa shape index (κ2) is 19.5. The minimum Gasteiger partial charge on any atom is -0.507 e. The molecule has 362 valence electrons. The number of benzene rings is 2. The SMILES string of the molecule is CO[C@H]1/C=C/O[C@@]2(C)Oc3c(C)c(O)c4c(c3=C2O)=c2nc3c(=O)cc(N5CCN(CCO)CC5)cc-3oc2=C(NC(=O)/C(C)=C\C=C\[C@H](C)[C@H](O)[C@@H](C)[C@@H](O)[C@@H](C)[C@H](OC(C)=O)[C@@H]1C)C4O. The highest BCUT2D eigenvalue weighted by atomic mass is 16.7. The number of aromatic hydroxyl groups is 1. The van der Waals surface area contributed by atoms with Crippen molar-refractivity contribution in [2.75, 3.05) is 51.3 Å². The maximum Gasteiger partial charge on any atom is 0.307 e. The predicted octanol–water partition coefficient (Wildman–Crippen LogP) is 1.86. The van der Waals surface area contributed by atoms with Gasteiger partial charge in [0.05, 0.1) is 42.1 Å². The molecule has 7 rings (SSSR count). The monoisotopic (exact) mass is 930 g/mol. The van der Waals surface area contributed by atoms with E-state index in [2.05, 4.69) is 10.2 Å².